The Kier molecular flexibility index (Phi) is 4.15. The lowest BCUT2D eigenvalue weighted by Gasteiger charge is -2.20. The highest BCUT2D eigenvalue weighted by Crippen LogP contribution is 2.08. The van der Waals surface area contributed by atoms with Crippen LogP contribution in [0.4, 0.5) is 0 Å². The van der Waals surface area contributed by atoms with Crippen LogP contribution in [0.1, 0.15) is 37.1 Å². The van der Waals surface area contributed by atoms with Crippen molar-refractivity contribution in [1.82, 2.24) is 9.44 Å². The van der Waals surface area contributed by atoms with Crippen LogP contribution in [0.5, 0.6) is 0 Å². The summed E-state index contributed by atoms with van der Waals surface area (Å²) in [7, 11) is -3.66. The molecule has 18 heavy (non-hydrogen) atoms. The van der Waals surface area contributed by atoms with Crippen LogP contribution in [0, 0.1) is 0 Å². The van der Waals surface area contributed by atoms with E-state index in [0.29, 0.717) is 0 Å². The normalized spacial score (nSPS) is 12.6. The summed E-state index contributed by atoms with van der Waals surface area (Å²) in [6, 6.07) is 2.67. The van der Waals surface area contributed by atoms with Crippen LogP contribution in [0.25, 0.3) is 0 Å². The van der Waals surface area contributed by atoms with Gasteiger partial charge in [0, 0.05) is 5.54 Å². The highest BCUT2D eigenvalue weighted by molar-refractivity contribution is 7.87. The summed E-state index contributed by atoms with van der Waals surface area (Å²) < 4.78 is 32.7. The van der Waals surface area contributed by atoms with Crippen LogP contribution >= 0.6 is 0 Å². The Morgan fingerprint density at radius 1 is 1.39 bits per heavy atom. The van der Waals surface area contributed by atoms with Crippen LogP contribution in [0.2, 0.25) is 0 Å². The molecule has 0 aliphatic rings. The minimum atomic E-state index is -3.66. The Morgan fingerprint density at radius 3 is 2.44 bits per heavy atom. The van der Waals surface area contributed by atoms with E-state index in [1.807, 2.05) is 0 Å². The van der Waals surface area contributed by atoms with E-state index in [4.69, 9.17) is 9.52 Å². The number of hydrogen-bond donors (Lipinski definition) is 3. The highest BCUT2D eigenvalue weighted by Gasteiger charge is 2.20. The largest absolute Gasteiger partial charge is 0.475 e. The minimum absolute atomic E-state index is 0.112. The second-order valence-corrected chi connectivity index (χ2v) is 6.25. The molecule has 0 aromatic carbocycles. The van der Waals surface area contributed by atoms with Gasteiger partial charge in [-0.15, -0.1) is 0 Å². The van der Waals surface area contributed by atoms with Gasteiger partial charge in [-0.3, -0.25) is 0 Å². The van der Waals surface area contributed by atoms with E-state index in [1.165, 1.54) is 12.1 Å². The van der Waals surface area contributed by atoms with Crippen molar-refractivity contribution in [2.24, 2.45) is 0 Å². The van der Waals surface area contributed by atoms with Gasteiger partial charge in [0.2, 0.25) is 5.76 Å². The molecule has 0 amide bonds. The van der Waals surface area contributed by atoms with Crippen LogP contribution in [-0.2, 0) is 16.8 Å². The van der Waals surface area contributed by atoms with Gasteiger partial charge >= 0.3 is 5.97 Å². The van der Waals surface area contributed by atoms with Gasteiger partial charge < -0.3 is 9.52 Å². The Labute approximate surface area is 105 Å². The fourth-order valence-electron chi connectivity index (χ4n) is 1.19. The van der Waals surface area contributed by atoms with Gasteiger partial charge in [0.1, 0.15) is 5.76 Å². The fourth-order valence-corrected chi connectivity index (χ4v) is 2.40. The van der Waals surface area contributed by atoms with Crippen LogP contribution in [0.3, 0.4) is 0 Å². The number of rotatable bonds is 5. The van der Waals surface area contributed by atoms with Gasteiger partial charge in [-0.05, 0) is 32.9 Å². The Hall–Kier alpha value is -1.38. The van der Waals surface area contributed by atoms with Crippen LogP contribution in [0.15, 0.2) is 16.5 Å². The van der Waals surface area contributed by atoms with Crippen molar-refractivity contribution in [2.75, 3.05) is 0 Å². The second kappa shape index (κ2) is 5.09. The van der Waals surface area contributed by atoms with Crippen molar-refractivity contribution in [3.8, 4) is 0 Å². The SMILES string of the molecule is CC(C)(C)NS(=O)(=O)NCc1ccc(C(=O)O)o1. The topological polar surface area (TPSA) is 109 Å². The maximum absolute atomic E-state index is 11.6. The summed E-state index contributed by atoms with van der Waals surface area (Å²) in [5, 5.41) is 8.63. The number of aromatic carboxylic acids is 1. The summed E-state index contributed by atoms with van der Waals surface area (Å²) in [4.78, 5) is 10.6. The van der Waals surface area contributed by atoms with Crippen molar-refractivity contribution in [3.05, 3.63) is 23.7 Å². The summed E-state index contributed by atoms with van der Waals surface area (Å²) in [6.07, 6.45) is 0. The third-order valence-corrected chi connectivity index (χ3v) is 3.15. The number of carbonyl (C=O) groups is 1. The molecule has 102 valence electrons. The van der Waals surface area contributed by atoms with Crippen molar-refractivity contribution >= 4 is 16.2 Å². The fraction of sp³-hybridized carbons (Fsp3) is 0.500. The molecule has 7 nitrogen and oxygen atoms in total. The van der Waals surface area contributed by atoms with E-state index in [1.54, 1.807) is 20.8 Å². The number of nitrogens with one attached hydrogen (secondary N) is 2. The number of carboxylic acids is 1. The summed E-state index contributed by atoms with van der Waals surface area (Å²) in [5.74, 6) is -1.20. The number of furan rings is 1. The van der Waals surface area contributed by atoms with Gasteiger partial charge in [0.25, 0.3) is 10.2 Å². The van der Waals surface area contributed by atoms with Gasteiger partial charge in [-0.1, -0.05) is 0 Å². The molecule has 1 heterocycles. The van der Waals surface area contributed by atoms with Crippen LogP contribution in [-0.4, -0.2) is 25.0 Å². The zero-order valence-electron chi connectivity index (χ0n) is 10.4. The van der Waals surface area contributed by atoms with E-state index >= 15 is 0 Å². The zero-order chi connectivity index (χ0) is 14.0. The molecule has 0 spiro atoms. The Bertz CT molecular complexity index is 527. The molecule has 1 aromatic heterocycles. The predicted octanol–water partition coefficient (Wildman–Crippen LogP) is 0.700. The molecule has 0 bridgehead atoms. The second-order valence-electron chi connectivity index (χ2n) is 4.75. The first-order valence-corrected chi connectivity index (χ1v) is 6.68. The molecule has 0 aliphatic heterocycles. The average Bonchev–Trinajstić information content (AvgIpc) is 2.59. The third kappa shape index (κ3) is 4.86. The van der Waals surface area contributed by atoms with E-state index in [9.17, 15) is 13.2 Å². The maximum atomic E-state index is 11.6. The molecule has 0 saturated heterocycles. The summed E-state index contributed by atoms with van der Waals surface area (Å²) >= 11 is 0. The van der Waals surface area contributed by atoms with Crippen molar-refractivity contribution in [3.63, 3.8) is 0 Å². The lowest BCUT2D eigenvalue weighted by molar-refractivity contribution is 0.0660. The van der Waals surface area contributed by atoms with E-state index in [-0.39, 0.29) is 18.1 Å². The van der Waals surface area contributed by atoms with Crippen LogP contribution < -0.4 is 9.44 Å². The summed E-state index contributed by atoms with van der Waals surface area (Å²) in [5.41, 5.74) is -0.596. The molecule has 0 fully saturated rings. The molecule has 0 unspecified atom stereocenters. The first-order chi connectivity index (χ1) is 8.09. The van der Waals surface area contributed by atoms with Gasteiger partial charge in [0.05, 0.1) is 6.54 Å². The molecule has 1 aromatic rings. The van der Waals surface area contributed by atoms with Gasteiger partial charge in [-0.2, -0.15) is 17.9 Å². The van der Waals surface area contributed by atoms with Crippen molar-refractivity contribution < 1.29 is 22.7 Å². The Balaban J connectivity index is 2.62. The molecule has 1 rings (SSSR count). The minimum Gasteiger partial charge on any atom is -0.475 e. The van der Waals surface area contributed by atoms with E-state index in [2.05, 4.69) is 9.44 Å². The zero-order valence-corrected chi connectivity index (χ0v) is 11.2. The van der Waals surface area contributed by atoms with E-state index < -0.39 is 21.7 Å². The first kappa shape index (κ1) is 14.7. The molecule has 8 heteroatoms. The standard InChI is InChI=1S/C10H16N2O5S/c1-10(2,3)12-18(15,16)11-6-7-4-5-8(17-7)9(13)14/h4-5,11-12H,6H2,1-3H3,(H,13,14). The summed E-state index contributed by atoms with van der Waals surface area (Å²) in [6.45, 7) is 5.02. The molecule has 3 N–H and O–H groups in total. The quantitative estimate of drug-likeness (QED) is 0.733. The average molecular weight is 276 g/mol. The van der Waals surface area contributed by atoms with Gasteiger partial charge in [0.15, 0.2) is 0 Å². The molecule has 0 saturated carbocycles. The first-order valence-electron chi connectivity index (χ1n) is 5.20. The maximum Gasteiger partial charge on any atom is 0.371 e. The van der Waals surface area contributed by atoms with Crippen molar-refractivity contribution in [1.29, 1.82) is 0 Å². The molecule has 0 aliphatic carbocycles. The lowest BCUT2D eigenvalue weighted by Crippen LogP contribution is -2.46. The molecular weight excluding hydrogens is 260 g/mol. The molecule has 0 radical (unpaired) electrons. The van der Waals surface area contributed by atoms with Crippen molar-refractivity contribution in [2.45, 2.75) is 32.9 Å². The van der Waals surface area contributed by atoms with Gasteiger partial charge in [-0.25, -0.2) is 4.79 Å². The lowest BCUT2D eigenvalue weighted by atomic mass is 10.1. The number of carboxylic acid groups (broad SMARTS) is 1. The highest BCUT2D eigenvalue weighted by atomic mass is 32.2. The molecular formula is C10H16N2O5S. The number of hydrogen-bond acceptors (Lipinski definition) is 4. The Morgan fingerprint density at radius 2 is 2.00 bits per heavy atom. The van der Waals surface area contributed by atoms with E-state index in [0.717, 1.165) is 0 Å². The smallest absolute Gasteiger partial charge is 0.371 e. The molecule has 0 atom stereocenters. The predicted molar refractivity (Wildman–Crippen MR) is 64.3 cm³/mol. The third-order valence-electron chi connectivity index (χ3n) is 1.75. The monoisotopic (exact) mass is 276 g/mol.